The van der Waals surface area contributed by atoms with E-state index in [1.54, 1.807) is 52.7 Å². The number of nitrogens with zero attached hydrogens (tertiary/aromatic N) is 8. The van der Waals surface area contributed by atoms with Gasteiger partial charge in [0.05, 0.1) is 28.4 Å². The monoisotopic (exact) mass is 682 g/mol. The first-order valence-electron chi connectivity index (χ1n) is 12.0. The minimum atomic E-state index is 0.535. The van der Waals surface area contributed by atoms with Gasteiger partial charge in [0.25, 0.3) is 0 Å². The molecule has 0 fully saturated rings. The fourth-order valence-electron chi connectivity index (χ4n) is 3.68. The maximum Gasteiger partial charge on any atom is 0.218 e. The first-order valence-corrected chi connectivity index (χ1v) is 14.8. The van der Waals surface area contributed by atoms with Crippen LogP contribution in [-0.2, 0) is 13.1 Å². The number of hydrogen-bond donors (Lipinski definition) is 2. The lowest BCUT2D eigenvalue weighted by Gasteiger charge is -2.09. The van der Waals surface area contributed by atoms with Crippen molar-refractivity contribution in [3.05, 3.63) is 93.7 Å². The quantitative estimate of drug-likeness (QED) is 0.152. The standard InChI is InChI=1S/C13H12BrN5O.C13H12BrN5S/c2*1-20-12-5-11(16-7-9-3-2-4-15-6-9)19-13(18-12)10(14)8-17-19/h2*2-6,8,16H,7H2,1H3. The minimum Gasteiger partial charge on any atom is -0.481 e. The van der Waals surface area contributed by atoms with Crippen molar-refractivity contribution in [2.24, 2.45) is 0 Å². The van der Waals surface area contributed by atoms with E-state index in [2.05, 4.69) is 72.6 Å². The molecule has 0 unspecified atom stereocenters. The van der Waals surface area contributed by atoms with Gasteiger partial charge in [0.1, 0.15) is 16.7 Å². The van der Waals surface area contributed by atoms with Crippen LogP contribution >= 0.6 is 43.6 Å². The van der Waals surface area contributed by atoms with Crippen LogP contribution in [-0.4, -0.2) is 52.5 Å². The number of nitrogens with one attached hydrogen (secondary N) is 2. The molecule has 0 aromatic carbocycles. The Hall–Kier alpha value is -3.75. The van der Waals surface area contributed by atoms with Gasteiger partial charge >= 0.3 is 0 Å². The molecule has 0 saturated heterocycles. The largest absolute Gasteiger partial charge is 0.481 e. The van der Waals surface area contributed by atoms with E-state index in [0.717, 1.165) is 42.4 Å². The zero-order valence-corrected chi connectivity index (χ0v) is 25.5. The highest BCUT2D eigenvalue weighted by Gasteiger charge is 2.11. The summed E-state index contributed by atoms with van der Waals surface area (Å²) < 4.78 is 10.4. The summed E-state index contributed by atoms with van der Waals surface area (Å²) in [5.41, 5.74) is 3.72. The van der Waals surface area contributed by atoms with E-state index >= 15 is 0 Å². The summed E-state index contributed by atoms with van der Waals surface area (Å²) in [7, 11) is 1.59. The Labute approximate surface area is 251 Å². The molecule has 6 aromatic rings. The van der Waals surface area contributed by atoms with E-state index in [0.29, 0.717) is 24.6 Å². The van der Waals surface area contributed by atoms with Crippen molar-refractivity contribution in [3.63, 3.8) is 0 Å². The van der Waals surface area contributed by atoms with Gasteiger partial charge in [-0.15, -0.1) is 11.8 Å². The maximum atomic E-state index is 5.21. The molecule has 0 radical (unpaired) electrons. The van der Waals surface area contributed by atoms with Crippen molar-refractivity contribution in [3.8, 4) is 5.88 Å². The topological polar surface area (TPSA) is 119 Å². The molecule has 0 aliphatic heterocycles. The third kappa shape index (κ3) is 6.51. The second kappa shape index (κ2) is 13.1. The number of hydrogen-bond acceptors (Lipinski definition) is 10. The normalized spacial score (nSPS) is 10.8. The van der Waals surface area contributed by atoms with Crippen molar-refractivity contribution in [2.75, 3.05) is 24.0 Å². The minimum absolute atomic E-state index is 0.535. The summed E-state index contributed by atoms with van der Waals surface area (Å²) in [6.45, 7) is 1.34. The third-order valence-corrected chi connectivity index (χ3v) is 7.37. The summed E-state index contributed by atoms with van der Waals surface area (Å²) in [4.78, 5) is 17.1. The highest BCUT2D eigenvalue weighted by molar-refractivity contribution is 9.11. The lowest BCUT2D eigenvalue weighted by molar-refractivity contribution is 0.398. The molecule has 0 spiro atoms. The van der Waals surface area contributed by atoms with Crippen LogP contribution in [0.15, 0.2) is 87.6 Å². The molecular formula is C26H24Br2N10OS. The first-order chi connectivity index (χ1) is 19.6. The molecule has 14 heteroatoms. The highest BCUT2D eigenvalue weighted by atomic mass is 79.9. The number of thioether (sulfide) groups is 1. The molecule has 40 heavy (non-hydrogen) atoms. The van der Waals surface area contributed by atoms with Crippen LogP contribution in [0.5, 0.6) is 5.88 Å². The van der Waals surface area contributed by atoms with Crippen LogP contribution in [0.1, 0.15) is 11.1 Å². The number of fused-ring (bicyclic) bond motifs is 2. The van der Waals surface area contributed by atoms with Crippen LogP contribution < -0.4 is 15.4 Å². The molecule has 0 aliphatic carbocycles. The van der Waals surface area contributed by atoms with Crippen LogP contribution in [0.25, 0.3) is 11.3 Å². The van der Waals surface area contributed by atoms with Crippen molar-refractivity contribution >= 4 is 66.6 Å². The molecule has 0 amide bonds. The number of halogens is 2. The van der Waals surface area contributed by atoms with E-state index in [1.807, 2.05) is 55.0 Å². The lowest BCUT2D eigenvalue weighted by Crippen LogP contribution is -2.07. The number of ether oxygens (including phenoxy) is 1. The third-order valence-electron chi connectivity index (χ3n) is 5.62. The number of aromatic nitrogens is 8. The Kier molecular flexibility index (Phi) is 9.08. The average molecular weight is 684 g/mol. The van der Waals surface area contributed by atoms with Gasteiger partial charge in [-0.1, -0.05) is 12.1 Å². The average Bonchev–Trinajstić information content (AvgIpc) is 3.58. The maximum absolute atomic E-state index is 5.21. The Balaban J connectivity index is 0.000000161. The molecule has 0 saturated carbocycles. The second-order valence-corrected chi connectivity index (χ2v) is 10.8. The summed E-state index contributed by atoms with van der Waals surface area (Å²) in [5, 5.41) is 16.2. The van der Waals surface area contributed by atoms with Crippen molar-refractivity contribution < 1.29 is 4.74 Å². The molecule has 0 aliphatic rings. The van der Waals surface area contributed by atoms with Gasteiger partial charge in [-0.3, -0.25) is 9.97 Å². The fourth-order valence-corrected chi connectivity index (χ4v) is 4.78. The van der Waals surface area contributed by atoms with Crippen LogP contribution in [0.3, 0.4) is 0 Å². The van der Waals surface area contributed by atoms with Crippen LogP contribution in [0, 0.1) is 0 Å². The number of methoxy groups -OCH3 is 1. The molecule has 11 nitrogen and oxygen atoms in total. The number of pyridine rings is 2. The summed E-state index contributed by atoms with van der Waals surface area (Å²) in [6, 6.07) is 11.7. The van der Waals surface area contributed by atoms with E-state index < -0.39 is 0 Å². The van der Waals surface area contributed by atoms with Crippen LogP contribution in [0.2, 0.25) is 0 Å². The molecule has 2 N–H and O–H groups in total. The predicted molar refractivity (Wildman–Crippen MR) is 163 cm³/mol. The Bertz CT molecular complexity index is 1590. The van der Waals surface area contributed by atoms with E-state index in [9.17, 15) is 0 Å². The highest BCUT2D eigenvalue weighted by Crippen LogP contribution is 2.25. The molecule has 204 valence electrons. The first kappa shape index (κ1) is 27.8. The van der Waals surface area contributed by atoms with Gasteiger partial charge in [-0.05, 0) is 61.4 Å². The van der Waals surface area contributed by atoms with E-state index in [1.165, 1.54) is 0 Å². The van der Waals surface area contributed by atoms with Gasteiger partial charge in [-0.2, -0.15) is 24.2 Å². The van der Waals surface area contributed by atoms with Gasteiger partial charge in [0.15, 0.2) is 11.3 Å². The Morgan fingerprint density at radius 2 is 1.35 bits per heavy atom. The Morgan fingerprint density at radius 1 is 0.800 bits per heavy atom. The molecular weight excluding hydrogens is 660 g/mol. The van der Waals surface area contributed by atoms with Gasteiger partial charge in [0, 0.05) is 50.0 Å². The van der Waals surface area contributed by atoms with E-state index in [4.69, 9.17) is 4.74 Å². The fraction of sp³-hybridized carbons (Fsp3) is 0.154. The SMILES string of the molecule is COc1cc(NCc2cccnc2)n2ncc(Br)c2n1.CSc1cc(NCc2cccnc2)n2ncc(Br)c2n1. The van der Waals surface area contributed by atoms with E-state index in [-0.39, 0.29) is 0 Å². The molecule has 6 rings (SSSR count). The van der Waals surface area contributed by atoms with Crippen molar-refractivity contribution in [2.45, 2.75) is 18.1 Å². The van der Waals surface area contributed by atoms with Crippen LogP contribution in [0.4, 0.5) is 11.6 Å². The Morgan fingerprint density at radius 3 is 1.85 bits per heavy atom. The zero-order chi connectivity index (χ0) is 27.9. The molecule has 0 atom stereocenters. The summed E-state index contributed by atoms with van der Waals surface area (Å²) in [6.07, 6.45) is 12.7. The second-order valence-electron chi connectivity index (χ2n) is 8.25. The number of anilines is 2. The molecule has 6 heterocycles. The van der Waals surface area contributed by atoms with Crippen molar-refractivity contribution in [1.82, 2.24) is 39.2 Å². The predicted octanol–water partition coefficient (Wildman–Crippen LogP) is 5.73. The summed E-state index contributed by atoms with van der Waals surface area (Å²) in [5.74, 6) is 2.25. The lowest BCUT2D eigenvalue weighted by atomic mass is 10.3. The molecule has 6 aromatic heterocycles. The van der Waals surface area contributed by atoms with Gasteiger partial charge < -0.3 is 15.4 Å². The van der Waals surface area contributed by atoms with Gasteiger partial charge in [0.2, 0.25) is 5.88 Å². The molecule has 0 bridgehead atoms. The van der Waals surface area contributed by atoms with Gasteiger partial charge in [-0.25, -0.2) is 4.98 Å². The number of rotatable bonds is 8. The summed E-state index contributed by atoms with van der Waals surface area (Å²) >= 11 is 8.49. The smallest absolute Gasteiger partial charge is 0.218 e. The zero-order valence-electron chi connectivity index (χ0n) is 21.5. The van der Waals surface area contributed by atoms with Crippen molar-refractivity contribution in [1.29, 1.82) is 0 Å².